The number of rotatable bonds is 5. The van der Waals surface area contributed by atoms with Crippen molar-refractivity contribution in [3.63, 3.8) is 0 Å². The van der Waals surface area contributed by atoms with E-state index in [1.54, 1.807) is 6.07 Å². The predicted molar refractivity (Wildman–Crippen MR) is 76.1 cm³/mol. The van der Waals surface area contributed by atoms with Crippen LogP contribution in [0.3, 0.4) is 0 Å². The smallest absolute Gasteiger partial charge is 0.142 e. The van der Waals surface area contributed by atoms with E-state index >= 15 is 0 Å². The van der Waals surface area contributed by atoms with E-state index in [4.69, 9.17) is 22.1 Å². The molecule has 2 rings (SSSR count). The highest BCUT2D eigenvalue weighted by atomic mass is 35.5. The number of ether oxygens (including phenoxy) is 1. The van der Waals surface area contributed by atoms with Crippen LogP contribution in [0.25, 0.3) is 0 Å². The van der Waals surface area contributed by atoms with Crippen molar-refractivity contribution in [2.24, 2.45) is 0 Å². The van der Waals surface area contributed by atoms with Gasteiger partial charge in [-0.25, -0.2) is 4.39 Å². The maximum Gasteiger partial charge on any atom is 0.142 e. The first-order chi connectivity index (χ1) is 9.15. The Balaban J connectivity index is 1.77. The van der Waals surface area contributed by atoms with Gasteiger partial charge in [0.05, 0.1) is 11.6 Å². The zero-order chi connectivity index (χ0) is 13.7. The van der Waals surface area contributed by atoms with E-state index in [2.05, 4.69) is 0 Å². The highest BCUT2D eigenvalue weighted by Crippen LogP contribution is 2.21. The maximum atomic E-state index is 12.9. The lowest BCUT2D eigenvalue weighted by atomic mass is 10.1. The molecule has 19 heavy (non-hydrogen) atoms. The standard InChI is InChI=1S/C15H15ClFNO/c16-14-10-13(7-8-15(14)17)19-9-1-2-11-3-5-12(18)6-4-11/h3-8,10H,1-2,9,18H2. The number of nitrogen functional groups attached to an aromatic ring is 1. The molecule has 0 aliphatic carbocycles. The molecule has 0 aliphatic rings. The van der Waals surface area contributed by atoms with Crippen LogP contribution in [0.5, 0.6) is 5.75 Å². The lowest BCUT2D eigenvalue weighted by Gasteiger charge is -2.07. The van der Waals surface area contributed by atoms with E-state index in [-0.39, 0.29) is 5.02 Å². The van der Waals surface area contributed by atoms with E-state index in [1.807, 2.05) is 24.3 Å². The van der Waals surface area contributed by atoms with E-state index in [1.165, 1.54) is 17.7 Å². The lowest BCUT2D eigenvalue weighted by Crippen LogP contribution is -1.99. The molecule has 0 aliphatic heterocycles. The van der Waals surface area contributed by atoms with Gasteiger partial charge in [0, 0.05) is 11.8 Å². The second-order valence-electron chi connectivity index (χ2n) is 4.27. The Morgan fingerprint density at radius 1 is 1.11 bits per heavy atom. The summed E-state index contributed by atoms with van der Waals surface area (Å²) in [5.41, 5.74) is 7.60. The highest BCUT2D eigenvalue weighted by molar-refractivity contribution is 6.30. The van der Waals surface area contributed by atoms with Crippen LogP contribution in [-0.2, 0) is 6.42 Å². The summed E-state index contributed by atoms with van der Waals surface area (Å²) in [7, 11) is 0. The third kappa shape index (κ3) is 4.14. The fourth-order valence-corrected chi connectivity index (χ4v) is 1.89. The molecule has 0 heterocycles. The Kier molecular flexibility index (Phi) is 4.63. The summed E-state index contributed by atoms with van der Waals surface area (Å²) in [5, 5.41) is 0.0797. The molecule has 2 aromatic carbocycles. The number of anilines is 1. The fraction of sp³-hybridized carbons (Fsp3) is 0.200. The molecular weight excluding hydrogens is 265 g/mol. The molecular formula is C15H15ClFNO. The predicted octanol–water partition coefficient (Wildman–Crippen LogP) is 4.07. The molecule has 0 saturated carbocycles. The van der Waals surface area contributed by atoms with Gasteiger partial charge in [0.1, 0.15) is 11.6 Å². The van der Waals surface area contributed by atoms with Crippen molar-refractivity contribution < 1.29 is 9.13 Å². The van der Waals surface area contributed by atoms with E-state index in [0.29, 0.717) is 12.4 Å². The van der Waals surface area contributed by atoms with Crippen LogP contribution in [0.4, 0.5) is 10.1 Å². The zero-order valence-electron chi connectivity index (χ0n) is 10.4. The van der Waals surface area contributed by atoms with E-state index in [9.17, 15) is 4.39 Å². The monoisotopic (exact) mass is 279 g/mol. The minimum absolute atomic E-state index is 0.0797. The molecule has 2 aromatic rings. The Bertz CT molecular complexity index is 542. The molecule has 0 saturated heterocycles. The molecule has 0 bridgehead atoms. The van der Waals surface area contributed by atoms with E-state index in [0.717, 1.165) is 18.5 Å². The first-order valence-electron chi connectivity index (χ1n) is 6.07. The van der Waals surface area contributed by atoms with Crippen molar-refractivity contribution in [3.8, 4) is 5.75 Å². The maximum absolute atomic E-state index is 12.9. The summed E-state index contributed by atoms with van der Waals surface area (Å²) in [6.07, 6.45) is 1.79. The first kappa shape index (κ1) is 13.7. The molecule has 2 nitrogen and oxygen atoms in total. The zero-order valence-corrected chi connectivity index (χ0v) is 11.2. The van der Waals surface area contributed by atoms with Gasteiger partial charge in [-0.15, -0.1) is 0 Å². The Morgan fingerprint density at radius 3 is 2.53 bits per heavy atom. The summed E-state index contributed by atoms with van der Waals surface area (Å²) in [6.45, 7) is 0.562. The number of halogens is 2. The molecule has 0 fully saturated rings. The van der Waals surface area contributed by atoms with Crippen molar-refractivity contribution >= 4 is 17.3 Å². The second-order valence-corrected chi connectivity index (χ2v) is 4.68. The van der Waals surface area contributed by atoms with Gasteiger partial charge in [-0.2, -0.15) is 0 Å². The van der Waals surface area contributed by atoms with Crippen LogP contribution in [0.1, 0.15) is 12.0 Å². The van der Waals surface area contributed by atoms with Gasteiger partial charge in [0.2, 0.25) is 0 Å². The normalized spacial score (nSPS) is 10.4. The number of aryl methyl sites for hydroxylation is 1. The van der Waals surface area contributed by atoms with Gasteiger partial charge in [0.25, 0.3) is 0 Å². The number of hydrogen-bond donors (Lipinski definition) is 1. The average Bonchev–Trinajstić information content (AvgIpc) is 2.41. The SMILES string of the molecule is Nc1ccc(CCCOc2ccc(F)c(Cl)c2)cc1. The molecule has 0 spiro atoms. The van der Waals surface area contributed by atoms with Crippen molar-refractivity contribution in [2.45, 2.75) is 12.8 Å². The van der Waals surface area contributed by atoms with Crippen molar-refractivity contribution in [3.05, 3.63) is 58.9 Å². The summed E-state index contributed by atoms with van der Waals surface area (Å²) < 4.78 is 18.5. The van der Waals surface area contributed by atoms with Gasteiger partial charge < -0.3 is 10.5 Å². The number of nitrogens with two attached hydrogens (primary N) is 1. The molecule has 0 atom stereocenters. The largest absolute Gasteiger partial charge is 0.494 e. The summed E-state index contributed by atoms with van der Waals surface area (Å²) in [4.78, 5) is 0. The van der Waals surface area contributed by atoms with Gasteiger partial charge in [-0.3, -0.25) is 0 Å². The Labute approximate surface area is 117 Å². The van der Waals surface area contributed by atoms with Crippen LogP contribution in [-0.4, -0.2) is 6.61 Å². The molecule has 0 aromatic heterocycles. The average molecular weight is 280 g/mol. The van der Waals surface area contributed by atoms with Crippen molar-refractivity contribution in [1.29, 1.82) is 0 Å². The van der Waals surface area contributed by atoms with Crippen LogP contribution in [0.15, 0.2) is 42.5 Å². The van der Waals surface area contributed by atoms with Gasteiger partial charge in [-0.05, 0) is 42.7 Å². The van der Waals surface area contributed by atoms with Crippen LogP contribution in [0, 0.1) is 5.82 Å². The third-order valence-electron chi connectivity index (χ3n) is 2.75. The highest BCUT2D eigenvalue weighted by Gasteiger charge is 2.01. The van der Waals surface area contributed by atoms with Crippen LogP contribution in [0.2, 0.25) is 5.02 Å². The molecule has 0 radical (unpaired) electrons. The topological polar surface area (TPSA) is 35.2 Å². The number of hydrogen-bond acceptors (Lipinski definition) is 2. The fourth-order valence-electron chi connectivity index (χ4n) is 1.72. The molecule has 0 unspecified atom stereocenters. The van der Waals surface area contributed by atoms with Gasteiger partial charge in [0.15, 0.2) is 0 Å². The molecule has 2 N–H and O–H groups in total. The molecule has 100 valence electrons. The van der Waals surface area contributed by atoms with Gasteiger partial charge >= 0.3 is 0 Å². The summed E-state index contributed by atoms with van der Waals surface area (Å²) >= 11 is 5.67. The van der Waals surface area contributed by atoms with Crippen molar-refractivity contribution in [2.75, 3.05) is 12.3 Å². The lowest BCUT2D eigenvalue weighted by molar-refractivity contribution is 0.310. The van der Waals surface area contributed by atoms with Crippen LogP contribution >= 0.6 is 11.6 Å². The summed E-state index contributed by atoms with van der Waals surface area (Å²) in [6, 6.07) is 12.1. The summed E-state index contributed by atoms with van der Waals surface area (Å²) in [5.74, 6) is 0.152. The van der Waals surface area contributed by atoms with E-state index < -0.39 is 5.82 Å². The molecule has 0 amide bonds. The first-order valence-corrected chi connectivity index (χ1v) is 6.45. The van der Waals surface area contributed by atoms with Crippen molar-refractivity contribution in [1.82, 2.24) is 0 Å². The van der Waals surface area contributed by atoms with Gasteiger partial charge in [-0.1, -0.05) is 23.7 Å². The minimum atomic E-state index is -0.434. The van der Waals surface area contributed by atoms with Crippen LogP contribution < -0.4 is 10.5 Å². The Morgan fingerprint density at radius 2 is 1.84 bits per heavy atom. The third-order valence-corrected chi connectivity index (χ3v) is 3.04. The quantitative estimate of drug-likeness (QED) is 0.661. The Hall–Kier alpha value is -1.74. The molecule has 4 heteroatoms. The second kappa shape index (κ2) is 6.43. The number of benzene rings is 2. The minimum Gasteiger partial charge on any atom is -0.494 e.